The van der Waals surface area contributed by atoms with E-state index in [2.05, 4.69) is 128 Å². The molecular weight excluding hydrogens is 1030 g/mol. The quantitative estimate of drug-likeness (QED) is 0.101. The van der Waals surface area contributed by atoms with Gasteiger partial charge >= 0.3 is 0 Å². The molecule has 0 radical (unpaired) electrons. The molecule has 0 amide bonds. The van der Waals surface area contributed by atoms with Gasteiger partial charge in [-0.05, 0) is 212 Å². The zero-order valence-electron chi connectivity index (χ0n) is 26.2. The molecule has 4 N–H and O–H groups in total. The summed E-state index contributed by atoms with van der Waals surface area (Å²) in [6.45, 7) is 12.1. The smallest absolute Gasteiger partial charge is 0.131 e. The maximum absolute atomic E-state index is 10.6. The van der Waals surface area contributed by atoms with Gasteiger partial charge in [0.1, 0.15) is 23.0 Å². The van der Waals surface area contributed by atoms with Crippen LogP contribution in [0.15, 0.2) is 72.8 Å². The first-order chi connectivity index (χ1) is 21.5. The third-order valence-corrected chi connectivity index (χ3v) is 12.7. The second kappa shape index (κ2) is 13.3. The normalized spacial score (nSPS) is 12.0. The highest BCUT2D eigenvalue weighted by molar-refractivity contribution is 14.1. The number of hydrogen-bond acceptors (Lipinski definition) is 4. The van der Waals surface area contributed by atoms with E-state index in [0.29, 0.717) is 0 Å². The summed E-state index contributed by atoms with van der Waals surface area (Å²) < 4.78 is 3.12. The first kappa shape index (κ1) is 35.5. The van der Waals surface area contributed by atoms with Crippen LogP contribution in [0.5, 0.6) is 23.0 Å². The van der Waals surface area contributed by atoms with E-state index in [-0.39, 0.29) is 23.0 Å². The van der Waals surface area contributed by atoms with Crippen molar-refractivity contribution in [2.24, 2.45) is 0 Å². The molecule has 4 nitrogen and oxygen atoms in total. The fraction of sp³-hybridized carbons (Fsp3) is 0.211. The van der Waals surface area contributed by atoms with E-state index in [9.17, 15) is 20.4 Å². The molecule has 0 saturated heterocycles. The second-order valence-electron chi connectivity index (χ2n) is 12.3. The van der Waals surface area contributed by atoms with Gasteiger partial charge in [0.05, 0.1) is 14.3 Å². The molecule has 5 aromatic rings. The molecule has 0 unspecified atom stereocenters. The van der Waals surface area contributed by atoms with Crippen molar-refractivity contribution < 1.29 is 20.4 Å². The molecule has 0 bridgehead atoms. The Balaban J connectivity index is 1.78. The third-order valence-electron chi connectivity index (χ3n) is 9.36. The molecule has 5 rings (SSSR count). The van der Waals surface area contributed by atoms with Gasteiger partial charge in [0.25, 0.3) is 0 Å². The lowest BCUT2D eigenvalue weighted by Gasteiger charge is -2.36. The van der Waals surface area contributed by atoms with Crippen LogP contribution in [0.4, 0.5) is 0 Å². The van der Waals surface area contributed by atoms with Crippen LogP contribution >= 0.6 is 90.4 Å². The first-order valence-corrected chi connectivity index (χ1v) is 18.9. The Morgan fingerprint density at radius 2 is 0.565 bits per heavy atom. The van der Waals surface area contributed by atoms with Crippen LogP contribution in [0.25, 0.3) is 0 Å². The van der Waals surface area contributed by atoms with E-state index in [1.54, 1.807) is 0 Å². The summed E-state index contributed by atoms with van der Waals surface area (Å²) in [4.78, 5) is 0. The summed E-state index contributed by atoms with van der Waals surface area (Å²) >= 11 is 8.75. The minimum absolute atomic E-state index is 0.284. The van der Waals surface area contributed by atoms with Gasteiger partial charge < -0.3 is 20.4 Å². The van der Waals surface area contributed by atoms with E-state index in [1.807, 2.05) is 76.2 Å². The lowest BCUT2D eigenvalue weighted by Crippen LogP contribution is -2.28. The number of halogens is 4. The average Bonchev–Trinajstić information content (AvgIpc) is 3.02. The Hall–Kier alpha value is -1.78. The van der Waals surface area contributed by atoms with Crippen LogP contribution in [-0.2, 0) is 10.8 Å². The maximum Gasteiger partial charge on any atom is 0.131 e. The minimum atomic E-state index is -0.610. The summed E-state index contributed by atoms with van der Waals surface area (Å²) in [6, 6.07) is 25.1. The van der Waals surface area contributed by atoms with Crippen LogP contribution < -0.4 is 0 Å². The zero-order chi connectivity index (χ0) is 33.9. The van der Waals surface area contributed by atoms with Crippen LogP contribution in [0.1, 0.15) is 69.5 Å². The van der Waals surface area contributed by atoms with Crippen molar-refractivity contribution in [2.75, 3.05) is 0 Å². The standard InChI is InChI=1S/C38H34I4O4/c1-19-11-25(15-29(39)33(19)43)37(5,26-12-20(2)34(44)30(40)16-26)23-7-9-24(10-8-23)38(6,27-13-21(3)35(45)31(41)17-27)28-14-22(4)36(46)32(42)18-28/h7-18,43-46H,1-6H3. The van der Waals surface area contributed by atoms with E-state index in [1.165, 1.54) is 0 Å². The Morgan fingerprint density at radius 1 is 0.370 bits per heavy atom. The molecule has 8 heteroatoms. The first-order valence-electron chi connectivity index (χ1n) is 14.6. The number of benzene rings is 5. The van der Waals surface area contributed by atoms with E-state index >= 15 is 0 Å². The third kappa shape index (κ3) is 6.13. The Bertz CT molecular complexity index is 1650. The molecule has 238 valence electrons. The molecule has 0 heterocycles. The topological polar surface area (TPSA) is 80.9 Å². The van der Waals surface area contributed by atoms with E-state index < -0.39 is 10.8 Å². The SMILES string of the molecule is Cc1cc(C(C)(c2ccc(C(C)(c3cc(C)c(O)c(I)c3)c3cc(C)c(O)c(I)c3)cc2)c2cc(C)c(O)c(I)c2)cc(I)c1O. The van der Waals surface area contributed by atoms with Gasteiger partial charge in [0, 0.05) is 10.8 Å². The van der Waals surface area contributed by atoms with Crippen LogP contribution in [0, 0.1) is 42.0 Å². The van der Waals surface area contributed by atoms with E-state index in [0.717, 1.165) is 69.9 Å². The minimum Gasteiger partial charge on any atom is -0.507 e. The summed E-state index contributed by atoms with van der Waals surface area (Å²) in [6.07, 6.45) is 0. The second-order valence-corrected chi connectivity index (χ2v) is 17.0. The lowest BCUT2D eigenvalue weighted by molar-refractivity contribution is 0.465. The van der Waals surface area contributed by atoms with Crippen molar-refractivity contribution in [3.8, 4) is 23.0 Å². The van der Waals surface area contributed by atoms with Gasteiger partial charge in [-0.1, -0.05) is 48.5 Å². The van der Waals surface area contributed by atoms with Crippen molar-refractivity contribution in [3.05, 3.63) is 143 Å². The highest BCUT2D eigenvalue weighted by Crippen LogP contribution is 2.47. The van der Waals surface area contributed by atoms with Crippen molar-refractivity contribution in [1.82, 2.24) is 0 Å². The van der Waals surface area contributed by atoms with E-state index in [4.69, 9.17) is 0 Å². The van der Waals surface area contributed by atoms with Crippen molar-refractivity contribution in [2.45, 2.75) is 52.4 Å². The molecule has 0 aliphatic rings. The summed E-state index contributed by atoms with van der Waals surface area (Å²) in [5.74, 6) is 1.14. The molecular formula is C38H34I4O4. The molecule has 0 aromatic heterocycles. The molecule has 0 spiro atoms. The zero-order valence-corrected chi connectivity index (χ0v) is 34.9. The van der Waals surface area contributed by atoms with Gasteiger partial charge in [-0.25, -0.2) is 0 Å². The predicted molar refractivity (Wildman–Crippen MR) is 220 cm³/mol. The number of aryl methyl sites for hydroxylation is 4. The molecule has 0 fully saturated rings. The molecule has 0 aliphatic heterocycles. The molecule has 5 aromatic carbocycles. The highest BCUT2D eigenvalue weighted by atomic mass is 127. The highest BCUT2D eigenvalue weighted by Gasteiger charge is 2.36. The number of rotatable bonds is 6. The summed E-state index contributed by atoms with van der Waals surface area (Å²) in [7, 11) is 0. The monoisotopic (exact) mass is 1060 g/mol. The van der Waals surface area contributed by atoms with Gasteiger partial charge in [0.2, 0.25) is 0 Å². The van der Waals surface area contributed by atoms with Gasteiger partial charge in [0.15, 0.2) is 0 Å². The fourth-order valence-electron chi connectivity index (χ4n) is 6.24. The van der Waals surface area contributed by atoms with Gasteiger partial charge in [-0.15, -0.1) is 0 Å². The summed E-state index contributed by atoms with van der Waals surface area (Å²) in [5, 5.41) is 42.6. The van der Waals surface area contributed by atoms with Crippen LogP contribution in [0.3, 0.4) is 0 Å². The predicted octanol–water partition coefficient (Wildman–Crippen LogP) is 10.9. The van der Waals surface area contributed by atoms with Crippen molar-refractivity contribution in [1.29, 1.82) is 0 Å². The summed E-state index contributed by atoms with van der Waals surface area (Å²) in [5.41, 5.74) is 8.27. The van der Waals surface area contributed by atoms with Crippen molar-refractivity contribution in [3.63, 3.8) is 0 Å². The largest absolute Gasteiger partial charge is 0.507 e. The van der Waals surface area contributed by atoms with Gasteiger partial charge in [-0.2, -0.15) is 0 Å². The maximum atomic E-state index is 10.6. The Labute approximate surface area is 325 Å². The molecule has 0 atom stereocenters. The number of hydrogen-bond donors (Lipinski definition) is 4. The van der Waals surface area contributed by atoms with Crippen LogP contribution in [-0.4, -0.2) is 20.4 Å². The Kier molecular flexibility index (Phi) is 10.2. The van der Waals surface area contributed by atoms with Gasteiger partial charge in [-0.3, -0.25) is 0 Å². The number of phenolic OH excluding ortho intramolecular Hbond substituents is 4. The molecule has 46 heavy (non-hydrogen) atoms. The Morgan fingerprint density at radius 3 is 0.739 bits per heavy atom. The molecule has 0 aliphatic carbocycles. The fourth-order valence-corrected chi connectivity index (χ4v) is 9.28. The lowest BCUT2D eigenvalue weighted by atomic mass is 9.67. The van der Waals surface area contributed by atoms with Crippen molar-refractivity contribution >= 4 is 90.4 Å². The van der Waals surface area contributed by atoms with Crippen LogP contribution in [0.2, 0.25) is 0 Å². The number of aromatic hydroxyl groups is 4. The average molecular weight is 1060 g/mol. The number of phenols is 4. The molecule has 0 saturated carbocycles.